The molecule has 0 atom stereocenters. The van der Waals surface area contributed by atoms with E-state index in [1.807, 2.05) is 30.3 Å². The average molecular weight is 551 g/mol. The minimum absolute atomic E-state index is 0.0364. The van der Waals surface area contributed by atoms with E-state index < -0.39 is 5.92 Å². The van der Waals surface area contributed by atoms with E-state index in [-0.39, 0.29) is 18.9 Å². The van der Waals surface area contributed by atoms with Crippen molar-refractivity contribution < 1.29 is 18.3 Å². The Bertz CT molecular complexity index is 1070. The average Bonchev–Trinajstić information content (AvgIpc) is 3.12. The minimum atomic E-state index is -2.53. The molecule has 170 valence electrons. The molecule has 0 amide bonds. The second kappa shape index (κ2) is 9.29. The molecule has 6 heteroatoms. The van der Waals surface area contributed by atoms with Gasteiger partial charge in [0.15, 0.2) is 0 Å². The van der Waals surface area contributed by atoms with Crippen molar-refractivity contribution in [1.82, 2.24) is 4.57 Å². The van der Waals surface area contributed by atoms with Crippen LogP contribution in [-0.2, 0) is 11.3 Å². The lowest BCUT2D eigenvalue weighted by atomic mass is 9.90. The van der Waals surface area contributed by atoms with E-state index in [0.717, 1.165) is 48.3 Å². The highest BCUT2D eigenvalue weighted by Crippen LogP contribution is 2.46. The highest BCUT2D eigenvalue weighted by atomic mass is 127. The first-order valence-corrected chi connectivity index (χ1v) is 12.6. The molecule has 0 bridgehead atoms. The Balaban J connectivity index is 1.57. The molecule has 3 aromatic rings. The molecule has 1 saturated carbocycles. The number of nitrogens with zero attached hydrogens (tertiary/aromatic N) is 1. The van der Waals surface area contributed by atoms with Gasteiger partial charge in [-0.25, -0.2) is 8.78 Å². The fourth-order valence-corrected chi connectivity index (χ4v) is 6.43. The van der Waals surface area contributed by atoms with Crippen molar-refractivity contribution in [2.75, 3.05) is 13.2 Å². The molecule has 2 aromatic carbocycles. The maximum atomic E-state index is 13.9. The van der Waals surface area contributed by atoms with Gasteiger partial charge in [0.05, 0.1) is 10.9 Å². The highest BCUT2D eigenvalue weighted by Gasteiger charge is 2.38. The van der Waals surface area contributed by atoms with Gasteiger partial charge < -0.3 is 14.0 Å². The van der Waals surface area contributed by atoms with Crippen LogP contribution in [0.1, 0.15) is 61.7 Å². The Kier molecular flexibility index (Phi) is 6.43. The van der Waals surface area contributed by atoms with Gasteiger partial charge in [0.1, 0.15) is 12.4 Å². The van der Waals surface area contributed by atoms with Crippen LogP contribution in [-0.4, -0.2) is 23.7 Å². The number of rotatable bonds is 5. The predicted molar refractivity (Wildman–Crippen MR) is 131 cm³/mol. The molecule has 0 radical (unpaired) electrons. The van der Waals surface area contributed by atoms with Crippen LogP contribution in [0.3, 0.4) is 0 Å². The molecular weight excluding hydrogens is 523 g/mol. The van der Waals surface area contributed by atoms with Crippen LogP contribution in [0, 0.1) is 3.57 Å². The zero-order chi connectivity index (χ0) is 22.1. The van der Waals surface area contributed by atoms with Gasteiger partial charge in [0.2, 0.25) is 5.92 Å². The molecule has 1 aliphatic carbocycles. The lowest BCUT2D eigenvalue weighted by Crippen LogP contribution is -2.28. The van der Waals surface area contributed by atoms with Crippen molar-refractivity contribution in [2.24, 2.45) is 0 Å². The summed E-state index contributed by atoms with van der Waals surface area (Å²) >= 11 is 2.46. The monoisotopic (exact) mass is 551 g/mol. The topological polar surface area (TPSA) is 23.4 Å². The molecule has 2 aliphatic rings. The van der Waals surface area contributed by atoms with Crippen LogP contribution in [0.25, 0.3) is 10.9 Å². The van der Waals surface area contributed by atoms with E-state index >= 15 is 0 Å². The normalized spacial score (nSPS) is 20.0. The Hall–Kier alpha value is -1.67. The maximum absolute atomic E-state index is 13.9. The number of ether oxygens (including phenoxy) is 2. The second-order valence-corrected chi connectivity index (χ2v) is 10.0. The van der Waals surface area contributed by atoms with Gasteiger partial charge in [-0.3, -0.25) is 0 Å². The van der Waals surface area contributed by atoms with Gasteiger partial charge >= 0.3 is 0 Å². The first-order valence-electron chi connectivity index (χ1n) is 11.5. The van der Waals surface area contributed by atoms with Gasteiger partial charge in [-0.15, -0.1) is 0 Å². The summed E-state index contributed by atoms with van der Waals surface area (Å²) in [5, 5.41) is 1.11. The highest BCUT2D eigenvalue weighted by molar-refractivity contribution is 14.1. The third-order valence-corrected chi connectivity index (χ3v) is 7.96. The number of alkyl halides is 2. The Morgan fingerprint density at radius 3 is 2.41 bits per heavy atom. The fourth-order valence-electron chi connectivity index (χ4n) is 5.18. The van der Waals surface area contributed by atoms with Crippen molar-refractivity contribution in [3.8, 4) is 5.75 Å². The molecule has 0 unspecified atom stereocenters. The van der Waals surface area contributed by atoms with E-state index in [2.05, 4.69) is 45.4 Å². The molecule has 1 aliphatic heterocycles. The summed E-state index contributed by atoms with van der Waals surface area (Å²) in [5.74, 6) is -1.29. The van der Waals surface area contributed by atoms with Crippen molar-refractivity contribution in [3.63, 3.8) is 0 Å². The molecule has 5 rings (SSSR count). The second-order valence-electron chi connectivity index (χ2n) is 8.97. The van der Waals surface area contributed by atoms with Crippen molar-refractivity contribution in [2.45, 2.75) is 63.0 Å². The molecule has 2 fully saturated rings. The Labute approximate surface area is 201 Å². The summed E-state index contributed by atoms with van der Waals surface area (Å²) in [5.41, 5.74) is 3.52. The molecule has 2 heterocycles. The lowest BCUT2D eigenvalue weighted by molar-refractivity contribution is -0.0439. The summed E-state index contributed by atoms with van der Waals surface area (Å²) in [4.78, 5) is 0. The number of aromatic nitrogens is 1. The van der Waals surface area contributed by atoms with Crippen LogP contribution in [0.5, 0.6) is 5.75 Å². The SMILES string of the molecule is FC1(F)CCC(n2c(C3CCOCC3)c(I)c3c(OCc4ccccc4)cccc32)CC1. The van der Waals surface area contributed by atoms with E-state index in [1.165, 1.54) is 9.26 Å². The summed E-state index contributed by atoms with van der Waals surface area (Å²) in [6, 6.07) is 16.4. The summed E-state index contributed by atoms with van der Waals surface area (Å²) < 4.78 is 43.4. The zero-order valence-electron chi connectivity index (χ0n) is 18.0. The number of fused-ring (bicyclic) bond motifs is 1. The third-order valence-electron chi connectivity index (χ3n) is 6.86. The molecule has 0 spiro atoms. The van der Waals surface area contributed by atoms with Crippen molar-refractivity contribution >= 4 is 33.5 Å². The molecule has 3 nitrogen and oxygen atoms in total. The van der Waals surface area contributed by atoms with Crippen LogP contribution >= 0.6 is 22.6 Å². The molecule has 32 heavy (non-hydrogen) atoms. The van der Waals surface area contributed by atoms with Gasteiger partial charge in [0, 0.05) is 47.3 Å². The summed E-state index contributed by atoms with van der Waals surface area (Å²) in [6.45, 7) is 2.01. The van der Waals surface area contributed by atoms with Gasteiger partial charge in [-0.05, 0) is 66.0 Å². The standard InChI is InChI=1S/C26H28F2INO2/c27-26(28)13-9-20(10-14-26)30-21-7-4-8-22(32-17-18-5-2-1-3-6-18)23(21)24(29)25(30)19-11-15-31-16-12-19/h1-8,19-20H,9-17H2. The first-order chi connectivity index (χ1) is 15.5. The van der Waals surface area contributed by atoms with E-state index in [1.54, 1.807) is 0 Å². The largest absolute Gasteiger partial charge is 0.488 e. The van der Waals surface area contributed by atoms with Crippen molar-refractivity contribution in [1.29, 1.82) is 0 Å². The third kappa shape index (κ3) is 4.40. The van der Waals surface area contributed by atoms with Crippen LogP contribution < -0.4 is 4.74 Å². The van der Waals surface area contributed by atoms with Gasteiger partial charge in [-0.1, -0.05) is 36.4 Å². The van der Waals surface area contributed by atoms with E-state index in [4.69, 9.17) is 9.47 Å². The van der Waals surface area contributed by atoms with E-state index in [0.29, 0.717) is 25.4 Å². The maximum Gasteiger partial charge on any atom is 0.248 e. The van der Waals surface area contributed by atoms with Crippen LogP contribution in [0.15, 0.2) is 48.5 Å². The van der Waals surface area contributed by atoms with Crippen LogP contribution in [0.2, 0.25) is 0 Å². The summed E-state index contributed by atoms with van der Waals surface area (Å²) in [7, 11) is 0. The number of hydrogen-bond acceptors (Lipinski definition) is 2. The molecule has 1 aromatic heterocycles. The smallest absolute Gasteiger partial charge is 0.248 e. The Morgan fingerprint density at radius 2 is 1.69 bits per heavy atom. The quantitative estimate of drug-likeness (QED) is 0.307. The fraction of sp³-hybridized carbons (Fsp3) is 0.462. The zero-order valence-corrected chi connectivity index (χ0v) is 20.2. The minimum Gasteiger partial charge on any atom is -0.488 e. The number of halogens is 3. The lowest BCUT2D eigenvalue weighted by Gasteiger charge is -2.33. The summed E-state index contributed by atoms with van der Waals surface area (Å²) in [6.07, 6.45) is 2.89. The molecule has 1 saturated heterocycles. The number of hydrogen-bond donors (Lipinski definition) is 0. The number of benzene rings is 2. The Morgan fingerprint density at radius 1 is 0.969 bits per heavy atom. The van der Waals surface area contributed by atoms with Gasteiger partial charge in [-0.2, -0.15) is 0 Å². The molecule has 0 N–H and O–H groups in total. The first kappa shape index (κ1) is 22.1. The van der Waals surface area contributed by atoms with E-state index in [9.17, 15) is 8.78 Å². The van der Waals surface area contributed by atoms with Gasteiger partial charge in [0.25, 0.3) is 0 Å². The predicted octanol–water partition coefficient (Wildman–Crippen LogP) is 7.47. The van der Waals surface area contributed by atoms with Crippen LogP contribution in [0.4, 0.5) is 8.78 Å². The molecular formula is C26H28F2INO2. The van der Waals surface area contributed by atoms with Crippen molar-refractivity contribution in [3.05, 3.63) is 63.4 Å².